The van der Waals surface area contributed by atoms with Gasteiger partial charge in [-0.1, -0.05) is 25.4 Å². The van der Waals surface area contributed by atoms with Crippen molar-refractivity contribution >= 4 is 23.1 Å². The zero-order chi connectivity index (χ0) is 20.5. The van der Waals surface area contributed by atoms with Crippen LogP contribution in [0.3, 0.4) is 0 Å². The van der Waals surface area contributed by atoms with Gasteiger partial charge in [-0.2, -0.15) is 5.10 Å². The second kappa shape index (κ2) is 8.11. The molecule has 2 unspecified atom stereocenters. The lowest BCUT2D eigenvalue weighted by Crippen LogP contribution is -2.37. The summed E-state index contributed by atoms with van der Waals surface area (Å²) in [5.41, 5.74) is 3.36. The van der Waals surface area contributed by atoms with Crippen LogP contribution in [0.5, 0.6) is 0 Å². The number of ether oxygens (including phenoxy) is 1. The second-order valence-corrected chi connectivity index (χ2v) is 8.50. The molecule has 1 aliphatic rings. The minimum atomic E-state index is -0.200. The smallest absolute Gasteiger partial charge is 0.302 e. The predicted octanol–water partition coefficient (Wildman–Crippen LogP) is 4.45. The number of fused-ring (bicyclic) bond motifs is 1. The Bertz CT molecular complexity index is 1020. The zero-order valence-electron chi connectivity index (χ0n) is 16.9. The van der Waals surface area contributed by atoms with Crippen LogP contribution in [0, 0.1) is 11.8 Å². The highest BCUT2D eigenvalue weighted by Gasteiger charge is 2.36. The SMILES string of the molecule is CC(=O)OC1[C@H](C)CC(c2ccncc2Cc2ncc3ccc(Cl)nn23)C[C@@H]1C. The number of pyridine rings is 1. The first-order valence-corrected chi connectivity index (χ1v) is 10.4. The summed E-state index contributed by atoms with van der Waals surface area (Å²) >= 11 is 6.08. The number of hydrogen-bond acceptors (Lipinski definition) is 5. The predicted molar refractivity (Wildman–Crippen MR) is 111 cm³/mol. The molecular weight excluding hydrogens is 388 g/mol. The Morgan fingerprint density at radius 3 is 2.69 bits per heavy atom. The number of carbonyl (C=O) groups excluding carboxylic acids is 1. The monoisotopic (exact) mass is 412 g/mol. The Kier molecular flexibility index (Phi) is 5.54. The maximum absolute atomic E-state index is 11.5. The van der Waals surface area contributed by atoms with Crippen molar-refractivity contribution in [1.82, 2.24) is 19.6 Å². The summed E-state index contributed by atoms with van der Waals surface area (Å²) in [7, 11) is 0. The molecule has 0 aliphatic heterocycles. The highest BCUT2D eigenvalue weighted by Crippen LogP contribution is 2.41. The van der Waals surface area contributed by atoms with E-state index in [1.165, 1.54) is 12.5 Å². The van der Waals surface area contributed by atoms with Crippen molar-refractivity contribution in [3.8, 4) is 0 Å². The number of rotatable bonds is 4. The van der Waals surface area contributed by atoms with Gasteiger partial charge in [0.2, 0.25) is 0 Å². The Morgan fingerprint density at radius 1 is 1.21 bits per heavy atom. The lowest BCUT2D eigenvalue weighted by atomic mass is 9.71. The number of nitrogens with zero attached hydrogens (tertiary/aromatic N) is 4. The third-order valence-corrected chi connectivity index (χ3v) is 6.09. The molecule has 1 fully saturated rings. The van der Waals surface area contributed by atoms with Crippen LogP contribution in [0.2, 0.25) is 5.15 Å². The van der Waals surface area contributed by atoms with E-state index in [1.54, 1.807) is 10.6 Å². The summed E-state index contributed by atoms with van der Waals surface area (Å²) in [6.45, 7) is 5.83. The average molecular weight is 413 g/mol. The first-order valence-electron chi connectivity index (χ1n) is 10.0. The number of aromatic nitrogens is 4. The fraction of sp³-hybridized carbons (Fsp3) is 0.455. The summed E-state index contributed by atoms with van der Waals surface area (Å²) in [5, 5.41) is 4.83. The van der Waals surface area contributed by atoms with Gasteiger partial charge in [0.15, 0.2) is 0 Å². The molecule has 3 aromatic rings. The van der Waals surface area contributed by atoms with E-state index in [4.69, 9.17) is 16.3 Å². The van der Waals surface area contributed by atoms with Gasteiger partial charge >= 0.3 is 5.97 Å². The van der Waals surface area contributed by atoms with E-state index >= 15 is 0 Å². The third-order valence-electron chi connectivity index (χ3n) is 5.89. The van der Waals surface area contributed by atoms with Gasteiger partial charge in [-0.05, 0) is 59.9 Å². The molecule has 3 aromatic heterocycles. The minimum absolute atomic E-state index is 0.0170. The fourth-order valence-corrected chi connectivity index (χ4v) is 4.83. The summed E-state index contributed by atoms with van der Waals surface area (Å²) in [6, 6.07) is 5.79. The van der Waals surface area contributed by atoms with Crippen molar-refractivity contribution in [2.45, 2.75) is 52.1 Å². The average Bonchev–Trinajstić information content (AvgIpc) is 3.07. The second-order valence-electron chi connectivity index (χ2n) is 8.12. The van der Waals surface area contributed by atoms with Crippen LogP contribution in [0.25, 0.3) is 5.52 Å². The van der Waals surface area contributed by atoms with Crippen molar-refractivity contribution in [3.05, 3.63) is 58.9 Å². The van der Waals surface area contributed by atoms with E-state index < -0.39 is 0 Å². The first-order chi connectivity index (χ1) is 13.9. The van der Waals surface area contributed by atoms with E-state index in [-0.39, 0.29) is 12.1 Å². The lowest BCUT2D eigenvalue weighted by Gasteiger charge is -2.39. The van der Waals surface area contributed by atoms with Crippen LogP contribution in [-0.4, -0.2) is 31.7 Å². The molecule has 4 atom stereocenters. The fourth-order valence-electron chi connectivity index (χ4n) is 4.69. The Labute approximate surface area is 175 Å². The first kappa shape index (κ1) is 19.8. The molecule has 152 valence electrons. The van der Waals surface area contributed by atoms with Crippen LogP contribution in [0.1, 0.15) is 56.5 Å². The van der Waals surface area contributed by atoms with Crippen LogP contribution in [-0.2, 0) is 16.0 Å². The van der Waals surface area contributed by atoms with Gasteiger partial charge in [-0.25, -0.2) is 9.50 Å². The van der Waals surface area contributed by atoms with E-state index in [2.05, 4.69) is 35.0 Å². The molecule has 0 aromatic carbocycles. The number of imidazole rings is 1. The largest absolute Gasteiger partial charge is 0.462 e. The van der Waals surface area contributed by atoms with Crippen LogP contribution in [0.4, 0.5) is 0 Å². The van der Waals surface area contributed by atoms with Gasteiger partial charge in [0.1, 0.15) is 17.1 Å². The number of carbonyl (C=O) groups is 1. The van der Waals surface area contributed by atoms with Crippen LogP contribution in [0.15, 0.2) is 36.8 Å². The topological polar surface area (TPSA) is 69.4 Å². The normalized spacial score (nSPS) is 24.6. The molecule has 0 radical (unpaired) electrons. The molecule has 1 saturated carbocycles. The Balaban J connectivity index is 1.60. The minimum Gasteiger partial charge on any atom is -0.462 e. The Hall–Kier alpha value is -2.47. The van der Waals surface area contributed by atoms with E-state index in [0.717, 1.165) is 29.7 Å². The van der Waals surface area contributed by atoms with Gasteiger partial charge in [-0.15, -0.1) is 0 Å². The standard InChI is InChI=1S/C22H25ClN4O2/c1-13-8-16(9-14(2)22(13)29-15(3)28)19-6-7-24-11-17(19)10-21-25-12-18-4-5-20(23)26-27(18)21/h4-7,11-14,16,22H,8-10H2,1-3H3/t13-,14+,16?,22?. The van der Waals surface area contributed by atoms with Crippen molar-refractivity contribution < 1.29 is 9.53 Å². The van der Waals surface area contributed by atoms with Crippen LogP contribution >= 0.6 is 11.6 Å². The molecule has 0 N–H and O–H groups in total. The maximum atomic E-state index is 11.5. The third kappa shape index (κ3) is 4.13. The van der Waals surface area contributed by atoms with Crippen molar-refractivity contribution in [2.24, 2.45) is 11.8 Å². The van der Waals surface area contributed by atoms with Gasteiger partial charge in [0.25, 0.3) is 0 Å². The highest BCUT2D eigenvalue weighted by molar-refractivity contribution is 6.29. The van der Waals surface area contributed by atoms with Crippen molar-refractivity contribution in [3.63, 3.8) is 0 Å². The van der Waals surface area contributed by atoms with Crippen molar-refractivity contribution in [1.29, 1.82) is 0 Å². The number of esters is 1. The van der Waals surface area contributed by atoms with Gasteiger partial charge in [0, 0.05) is 25.7 Å². The molecule has 6 nitrogen and oxygen atoms in total. The van der Waals surface area contributed by atoms with Gasteiger partial charge in [-0.3, -0.25) is 9.78 Å². The van der Waals surface area contributed by atoms with Crippen LogP contribution < -0.4 is 0 Å². The summed E-state index contributed by atoms with van der Waals surface area (Å²) in [6.07, 6.45) is 8.16. The molecule has 3 heterocycles. The number of halogens is 1. The zero-order valence-corrected chi connectivity index (χ0v) is 17.6. The summed E-state index contributed by atoms with van der Waals surface area (Å²) < 4.78 is 7.38. The van der Waals surface area contributed by atoms with E-state index in [1.807, 2.05) is 24.7 Å². The molecule has 0 amide bonds. The van der Waals surface area contributed by atoms with Gasteiger partial charge in [0.05, 0.1) is 11.7 Å². The molecule has 0 saturated heterocycles. The molecule has 0 bridgehead atoms. The molecule has 7 heteroatoms. The molecular formula is C22H25ClN4O2. The van der Waals surface area contributed by atoms with Crippen molar-refractivity contribution in [2.75, 3.05) is 0 Å². The maximum Gasteiger partial charge on any atom is 0.302 e. The number of hydrogen-bond donors (Lipinski definition) is 0. The summed E-state index contributed by atoms with van der Waals surface area (Å²) in [5.74, 6) is 1.65. The lowest BCUT2D eigenvalue weighted by molar-refractivity contribution is -0.154. The summed E-state index contributed by atoms with van der Waals surface area (Å²) in [4.78, 5) is 20.4. The Morgan fingerprint density at radius 2 is 1.97 bits per heavy atom. The van der Waals surface area contributed by atoms with E-state index in [9.17, 15) is 4.79 Å². The highest BCUT2D eigenvalue weighted by atomic mass is 35.5. The van der Waals surface area contributed by atoms with E-state index in [0.29, 0.717) is 29.3 Å². The molecule has 0 spiro atoms. The van der Waals surface area contributed by atoms with Gasteiger partial charge < -0.3 is 4.74 Å². The molecule has 1 aliphatic carbocycles. The quantitative estimate of drug-likeness (QED) is 0.592. The molecule has 29 heavy (non-hydrogen) atoms. The molecule has 4 rings (SSSR count).